The van der Waals surface area contributed by atoms with Crippen LogP contribution in [-0.4, -0.2) is 7.05 Å². The Morgan fingerprint density at radius 2 is 1.86 bits per heavy atom. The summed E-state index contributed by atoms with van der Waals surface area (Å²) in [5, 5.41) is 4.27. The average Bonchev–Trinajstić information content (AvgIpc) is 2.86. The zero-order chi connectivity index (χ0) is 15.0. The maximum atomic E-state index is 13.4. The van der Waals surface area contributed by atoms with Crippen molar-refractivity contribution in [3.63, 3.8) is 0 Å². The van der Waals surface area contributed by atoms with Crippen molar-refractivity contribution in [3.8, 4) is 0 Å². The van der Waals surface area contributed by atoms with Gasteiger partial charge in [-0.2, -0.15) is 0 Å². The maximum absolute atomic E-state index is 13.4. The highest BCUT2D eigenvalue weighted by Crippen LogP contribution is 2.33. The number of rotatable bonds is 3. The van der Waals surface area contributed by atoms with Gasteiger partial charge in [0, 0.05) is 9.58 Å². The van der Waals surface area contributed by atoms with E-state index in [1.165, 1.54) is 12.1 Å². The van der Waals surface area contributed by atoms with Crippen molar-refractivity contribution in [3.05, 3.63) is 70.1 Å². The summed E-state index contributed by atoms with van der Waals surface area (Å²) in [5.41, 5.74) is 1.63. The molecule has 21 heavy (non-hydrogen) atoms. The van der Waals surface area contributed by atoms with Gasteiger partial charge in [0.15, 0.2) is 0 Å². The van der Waals surface area contributed by atoms with Crippen molar-refractivity contribution in [2.24, 2.45) is 0 Å². The molecule has 0 aliphatic heterocycles. The van der Waals surface area contributed by atoms with E-state index in [0.717, 1.165) is 20.5 Å². The molecule has 1 N–H and O–H groups in total. The largest absolute Gasteiger partial charge is 0.309 e. The van der Waals surface area contributed by atoms with Crippen LogP contribution in [-0.2, 0) is 0 Å². The van der Waals surface area contributed by atoms with Crippen molar-refractivity contribution < 1.29 is 8.78 Å². The minimum Gasteiger partial charge on any atom is -0.309 e. The SMILES string of the molecule is CNC(c1ccc(F)c(C)c1)c1cc2ccc(F)cc2s1. The fourth-order valence-corrected chi connectivity index (χ4v) is 3.72. The van der Waals surface area contributed by atoms with Crippen LogP contribution in [0.2, 0.25) is 0 Å². The summed E-state index contributed by atoms with van der Waals surface area (Å²) < 4.78 is 27.6. The molecule has 0 radical (unpaired) electrons. The Labute approximate surface area is 126 Å². The number of hydrogen-bond donors (Lipinski definition) is 1. The first-order chi connectivity index (χ1) is 10.1. The van der Waals surface area contributed by atoms with Crippen LogP contribution in [0.25, 0.3) is 10.1 Å². The fraction of sp³-hybridized carbons (Fsp3) is 0.176. The van der Waals surface area contributed by atoms with Crippen LogP contribution in [0.5, 0.6) is 0 Å². The summed E-state index contributed by atoms with van der Waals surface area (Å²) in [6.45, 7) is 1.76. The quantitative estimate of drug-likeness (QED) is 0.733. The summed E-state index contributed by atoms with van der Waals surface area (Å²) in [5.74, 6) is -0.429. The number of fused-ring (bicyclic) bond motifs is 1. The molecular weight excluding hydrogens is 288 g/mol. The Morgan fingerprint density at radius 3 is 2.57 bits per heavy atom. The number of nitrogens with one attached hydrogen (secondary N) is 1. The highest BCUT2D eigenvalue weighted by atomic mass is 32.1. The standard InChI is InChI=1S/C17H15F2NS/c1-10-7-12(4-6-14(10)19)17(20-2)16-8-11-3-5-13(18)9-15(11)21-16/h3-9,17,20H,1-2H3. The molecule has 0 amide bonds. The Kier molecular flexibility index (Phi) is 3.74. The van der Waals surface area contributed by atoms with Crippen LogP contribution in [0.3, 0.4) is 0 Å². The topological polar surface area (TPSA) is 12.0 Å². The summed E-state index contributed by atoms with van der Waals surface area (Å²) >= 11 is 1.55. The number of hydrogen-bond acceptors (Lipinski definition) is 2. The molecule has 0 spiro atoms. The van der Waals surface area contributed by atoms with E-state index >= 15 is 0 Å². The molecule has 0 fully saturated rings. The van der Waals surface area contributed by atoms with Crippen molar-refractivity contribution in [1.82, 2.24) is 5.32 Å². The van der Waals surface area contributed by atoms with E-state index < -0.39 is 0 Å². The Hall–Kier alpha value is -1.78. The van der Waals surface area contributed by atoms with Crippen LogP contribution in [0.4, 0.5) is 8.78 Å². The third kappa shape index (κ3) is 2.69. The highest BCUT2D eigenvalue weighted by molar-refractivity contribution is 7.19. The minimum absolute atomic E-state index is 0.0234. The zero-order valence-corrected chi connectivity index (χ0v) is 12.6. The number of halogens is 2. The third-order valence-electron chi connectivity index (χ3n) is 3.59. The van der Waals surface area contributed by atoms with Crippen molar-refractivity contribution in [2.45, 2.75) is 13.0 Å². The molecule has 1 heterocycles. The van der Waals surface area contributed by atoms with Crippen molar-refractivity contribution in [2.75, 3.05) is 7.05 Å². The Balaban J connectivity index is 2.06. The first-order valence-electron chi connectivity index (χ1n) is 6.71. The molecule has 1 atom stereocenters. The molecule has 0 aliphatic rings. The number of benzene rings is 2. The highest BCUT2D eigenvalue weighted by Gasteiger charge is 2.16. The average molecular weight is 303 g/mol. The molecule has 108 valence electrons. The second-order valence-electron chi connectivity index (χ2n) is 5.06. The second kappa shape index (κ2) is 5.54. The van der Waals surface area contributed by atoms with Crippen LogP contribution in [0.1, 0.15) is 22.0 Å². The summed E-state index contributed by atoms with van der Waals surface area (Å²) in [6.07, 6.45) is 0. The second-order valence-corrected chi connectivity index (χ2v) is 6.18. The van der Waals surface area contributed by atoms with Gasteiger partial charge in [-0.15, -0.1) is 11.3 Å². The molecule has 0 saturated carbocycles. The Morgan fingerprint density at radius 1 is 1.05 bits per heavy atom. The number of thiophene rings is 1. The van der Waals surface area contributed by atoms with E-state index in [-0.39, 0.29) is 17.7 Å². The van der Waals surface area contributed by atoms with E-state index in [1.807, 2.05) is 13.1 Å². The molecule has 3 aromatic rings. The molecule has 1 nitrogen and oxygen atoms in total. The molecule has 1 unspecified atom stereocenters. The first-order valence-corrected chi connectivity index (χ1v) is 7.52. The lowest BCUT2D eigenvalue weighted by Crippen LogP contribution is -2.16. The van der Waals surface area contributed by atoms with Crippen LogP contribution in [0, 0.1) is 18.6 Å². The molecule has 2 aromatic carbocycles. The summed E-state index contributed by atoms with van der Waals surface area (Å²) in [6, 6.07) is 12.0. The smallest absolute Gasteiger partial charge is 0.126 e. The minimum atomic E-state index is -0.227. The lowest BCUT2D eigenvalue weighted by Gasteiger charge is -2.15. The molecule has 1 aromatic heterocycles. The van der Waals surface area contributed by atoms with Crippen molar-refractivity contribution in [1.29, 1.82) is 0 Å². The van der Waals surface area contributed by atoms with Gasteiger partial charge in [-0.05, 0) is 54.8 Å². The van der Waals surface area contributed by atoms with E-state index in [9.17, 15) is 8.78 Å². The van der Waals surface area contributed by atoms with Crippen LogP contribution >= 0.6 is 11.3 Å². The van der Waals surface area contributed by atoms with Gasteiger partial charge in [-0.1, -0.05) is 18.2 Å². The molecular formula is C17H15F2NS. The van der Waals surface area contributed by atoms with Crippen LogP contribution < -0.4 is 5.32 Å². The predicted molar refractivity (Wildman–Crippen MR) is 83.8 cm³/mol. The van der Waals surface area contributed by atoms with E-state index in [2.05, 4.69) is 11.4 Å². The fourth-order valence-electron chi connectivity index (χ4n) is 2.49. The summed E-state index contributed by atoms with van der Waals surface area (Å²) in [7, 11) is 1.87. The van der Waals surface area contributed by atoms with Gasteiger partial charge in [0.2, 0.25) is 0 Å². The maximum Gasteiger partial charge on any atom is 0.126 e. The van der Waals surface area contributed by atoms with E-state index in [1.54, 1.807) is 36.5 Å². The molecule has 0 saturated heterocycles. The van der Waals surface area contributed by atoms with Gasteiger partial charge in [-0.3, -0.25) is 0 Å². The normalized spacial score (nSPS) is 12.8. The van der Waals surface area contributed by atoms with E-state index in [0.29, 0.717) is 5.56 Å². The van der Waals surface area contributed by atoms with Gasteiger partial charge < -0.3 is 5.32 Å². The van der Waals surface area contributed by atoms with Gasteiger partial charge in [-0.25, -0.2) is 8.78 Å². The van der Waals surface area contributed by atoms with Gasteiger partial charge in [0.05, 0.1) is 6.04 Å². The van der Waals surface area contributed by atoms with Gasteiger partial charge in [0.1, 0.15) is 11.6 Å². The number of aryl methyl sites for hydroxylation is 1. The lowest BCUT2D eigenvalue weighted by atomic mass is 10.0. The van der Waals surface area contributed by atoms with Crippen molar-refractivity contribution >= 4 is 21.4 Å². The van der Waals surface area contributed by atoms with E-state index in [4.69, 9.17) is 0 Å². The Bertz CT molecular complexity index is 795. The summed E-state index contributed by atoms with van der Waals surface area (Å²) in [4.78, 5) is 1.09. The first kappa shape index (κ1) is 14.2. The van der Waals surface area contributed by atoms with Gasteiger partial charge in [0.25, 0.3) is 0 Å². The molecule has 4 heteroatoms. The lowest BCUT2D eigenvalue weighted by molar-refractivity contribution is 0.614. The molecule has 0 bridgehead atoms. The molecule has 3 rings (SSSR count). The predicted octanol–water partition coefficient (Wildman–Crippen LogP) is 4.80. The third-order valence-corrected chi connectivity index (χ3v) is 4.75. The van der Waals surface area contributed by atoms with Gasteiger partial charge >= 0.3 is 0 Å². The monoisotopic (exact) mass is 303 g/mol. The zero-order valence-electron chi connectivity index (χ0n) is 11.8. The molecule has 0 aliphatic carbocycles. The van der Waals surface area contributed by atoms with Crippen LogP contribution in [0.15, 0.2) is 42.5 Å².